The third-order valence-electron chi connectivity index (χ3n) is 1.32. The summed E-state index contributed by atoms with van der Waals surface area (Å²) in [6, 6.07) is 4.81. The first-order valence-corrected chi connectivity index (χ1v) is 3.42. The van der Waals surface area contributed by atoms with E-state index in [0.29, 0.717) is 5.56 Å². The number of benzene rings is 1. The van der Waals surface area contributed by atoms with Crippen LogP contribution in [0.5, 0.6) is 0 Å². The van der Waals surface area contributed by atoms with Crippen molar-refractivity contribution < 1.29 is 4.39 Å². The Kier molecular flexibility index (Phi) is 2.12. The summed E-state index contributed by atoms with van der Waals surface area (Å²) in [4.78, 5) is 0. The van der Waals surface area contributed by atoms with E-state index in [1.54, 1.807) is 19.1 Å². The van der Waals surface area contributed by atoms with E-state index in [1.807, 2.05) is 0 Å². The first-order valence-electron chi connectivity index (χ1n) is 2.95. The van der Waals surface area contributed by atoms with Crippen molar-refractivity contribution >= 4 is 17.6 Å². The standard InChI is InChI=1S/C8H7FS/c1-6-4-7(5-10)2-3-8(6)9/h2-5H,1H3. The summed E-state index contributed by atoms with van der Waals surface area (Å²) in [5, 5.41) is 1.53. The van der Waals surface area contributed by atoms with Crippen molar-refractivity contribution in [3.8, 4) is 0 Å². The molecule has 1 rings (SSSR count). The van der Waals surface area contributed by atoms with Gasteiger partial charge in [-0.05, 0) is 30.2 Å². The van der Waals surface area contributed by atoms with Gasteiger partial charge in [0.1, 0.15) is 5.82 Å². The molecule has 0 atom stereocenters. The van der Waals surface area contributed by atoms with E-state index >= 15 is 0 Å². The molecule has 0 unspecified atom stereocenters. The molecule has 0 nitrogen and oxygen atoms in total. The fourth-order valence-electron chi connectivity index (χ4n) is 0.741. The highest BCUT2D eigenvalue weighted by Gasteiger charge is 1.94. The molecule has 52 valence electrons. The van der Waals surface area contributed by atoms with Crippen molar-refractivity contribution in [2.75, 3.05) is 0 Å². The van der Waals surface area contributed by atoms with Crippen LogP contribution in [-0.2, 0) is 0 Å². The Morgan fingerprint density at radius 3 is 2.70 bits per heavy atom. The molecule has 0 spiro atoms. The lowest BCUT2D eigenvalue weighted by atomic mass is 10.1. The molecule has 0 radical (unpaired) electrons. The van der Waals surface area contributed by atoms with Crippen molar-refractivity contribution in [1.29, 1.82) is 0 Å². The maximum Gasteiger partial charge on any atom is 0.126 e. The van der Waals surface area contributed by atoms with E-state index in [-0.39, 0.29) is 5.82 Å². The lowest BCUT2D eigenvalue weighted by Crippen LogP contribution is -1.84. The molecular formula is C8H7FS. The van der Waals surface area contributed by atoms with Crippen molar-refractivity contribution in [3.05, 3.63) is 35.1 Å². The lowest BCUT2D eigenvalue weighted by molar-refractivity contribution is 0.618. The predicted octanol–water partition coefficient (Wildman–Crippen LogP) is 2.48. The van der Waals surface area contributed by atoms with Crippen LogP contribution >= 0.6 is 12.2 Å². The summed E-state index contributed by atoms with van der Waals surface area (Å²) in [6.45, 7) is 1.72. The van der Waals surface area contributed by atoms with Gasteiger partial charge in [-0.2, -0.15) is 0 Å². The van der Waals surface area contributed by atoms with Gasteiger partial charge in [-0.1, -0.05) is 18.3 Å². The third kappa shape index (κ3) is 1.39. The topological polar surface area (TPSA) is 0 Å². The molecule has 0 heterocycles. The highest BCUT2D eigenvalue weighted by Crippen LogP contribution is 2.06. The van der Waals surface area contributed by atoms with Crippen LogP contribution in [0.1, 0.15) is 11.1 Å². The van der Waals surface area contributed by atoms with Gasteiger partial charge in [-0.15, -0.1) is 0 Å². The Balaban J connectivity index is 3.16. The highest BCUT2D eigenvalue weighted by molar-refractivity contribution is 7.79. The maximum absolute atomic E-state index is 12.6. The van der Waals surface area contributed by atoms with E-state index in [0.717, 1.165) is 5.56 Å². The Morgan fingerprint density at radius 2 is 2.20 bits per heavy atom. The van der Waals surface area contributed by atoms with Gasteiger partial charge in [-0.3, -0.25) is 0 Å². The molecule has 1 aromatic rings. The molecule has 0 aliphatic rings. The molecule has 1 aromatic carbocycles. The number of hydrogen-bond donors (Lipinski definition) is 0. The van der Waals surface area contributed by atoms with E-state index in [2.05, 4.69) is 12.2 Å². The van der Waals surface area contributed by atoms with E-state index < -0.39 is 0 Å². The van der Waals surface area contributed by atoms with Gasteiger partial charge in [0, 0.05) is 5.37 Å². The summed E-state index contributed by atoms with van der Waals surface area (Å²) in [5.74, 6) is -0.180. The van der Waals surface area contributed by atoms with Crippen LogP contribution in [0.2, 0.25) is 0 Å². The van der Waals surface area contributed by atoms with Crippen LogP contribution in [0.3, 0.4) is 0 Å². The molecule has 0 saturated heterocycles. The van der Waals surface area contributed by atoms with Crippen LogP contribution in [0.4, 0.5) is 4.39 Å². The molecule has 0 N–H and O–H groups in total. The molecule has 0 aromatic heterocycles. The van der Waals surface area contributed by atoms with Crippen LogP contribution in [-0.4, -0.2) is 5.37 Å². The van der Waals surface area contributed by atoms with Crippen molar-refractivity contribution in [2.45, 2.75) is 6.92 Å². The minimum atomic E-state index is -0.180. The second-order valence-corrected chi connectivity index (χ2v) is 2.36. The fraction of sp³-hybridized carbons (Fsp3) is 0.125. The summed E-state index contributed by atoms with van der Waals surface area (Å²) in [5.41, 5.74) is 1.52. The van der Waals surface area contributed by atoms with Crippen LogP contribution < -0.4 is 0 Å². The number of rotatable bonds is 1. The van der Waals surface area contributed by atoms with Crippen LogP contribution in [0.25, 0.3) is 0 Å². The molecular weight excluding hydrogens is 147 g/mol. The zero-order chi connectivity index (χ0) is 7.56. The number of hydrogen-bond acceptors (Lipinski definition) is 1. The first kappa shape index (κ1) is 7.35. The zero-order valence-corrected chi connectivity index (χ0v) is 6.41. The Bertz CT molecular complexity index is 255. The fourth-order valence-corrected chi connectivity index (χ4v) is 0.888. The average Bonchev–Trinajstić information content (AvgIpc) is 1.95. The van der Waals surface area contributed by atoms with Gasteiger partial charge in [0.15, 0.2) is 0 Å². The average molecular weight is 154 g/mol. The Morgan fingerprint density at radius 1 is 1.50 bits per heavy atom. The first-order chi connectivity index (χ1) is 4.74. The van der Waals surface area contributed by atoms with Gasteiger partial charge in [0.25, 0.3) is 0 Å². The van der Waals surface area contributed by atoms with Crippen molar-refractivity contribution in [3.63, 3.8) is 0 Å². The number of thiocarbonyl (C=S) groups is 1. The SMILES string of the molecule is Cc1cc(C=S)ccc1F. The summed E-state index contributed by atoms with van der Waals surface area (Å²) in [6.07, 6.45) is 0. The predicted molar refractivity (Wildman–Crippen MR) is 43.9 cm³/mol. The van der Waals surface area contributed by atoms with Crippen LogP contribution in [0.15, 0.2) is 18.2 Å². The number of aryl methyl sites for hydroxylation is 1. The Hall–Kier alpha value is -0.760. The van der Waals surface area contributed by atoms with Gasteiger partial charge in [0.05, 0.1) is 0 Å². The quantitative estimate of drug-likeness (QED) is 0.560. The van der Waals surface area contributed by atoms with Gasteiger partial charge in [0.2, 0.25) is 0 Å². The number of halogens is 1. The third-order valence-corrected chi connectivity index (χ3v) is 1.59. The van der Waals surface area contributed by atoms with Crippen LogP contribution in [0, 0.1) is 12.7 Å². The normalized spacial score (nSPS) is 9.40. The summed E-state index contributed by atoms with van der Waals surface area (Å²) >= 11 is 4.67. The highest BCUT2D eigenvalue weighted by atomic mass is 32.1. The smallest absolute Gasteiger partial charge is 0.126 e. The molecule has 0 fully saturated rings. The minimum Gasteiger partial charge on any atom is -0.207 e. The van der Waals surface area contributed by atoms with E-state index in [4.69, 9.17) is 0 Å². The van der Waals surface area contributed by atoms with Gasteiger partial charge in [-0.25, -0.2) is 4.39 Å². The molecule has 0 bridgehead atoms. The van der Waals surface area contributed by atoms with Crippen molar-refractivity contribution in [1.82, 2.24) is 0 Å². The summed E-state index contributed by atoms with van der Waals surface area (Å²) < 4.78 is 12.6. The monoisotopic (exact) mass is 154 g/mol. The zero-order valence-electron chi connectivity index (χ0n) is 5.60. The molecule has 0 saturated carbocycles. The van der Waals surface area contributed by atoms with Crippen molar-refractivity contribution in [2.24, 2.45) is 0 Å². The summed E-state index contributed by atoms with van der Waals surface area (Å²) in [7, 11) is 0. The molecule has 0 aliphatic carbocycles. The van der Waals surface area contributed by atoms with E-state index in [9.17, 15) is 4.39 Å². The minimum absolute atomic E-state index is 0.180. The maximum atomic E-state index is 12.6. The second kappa shape index (κ2) is 2.88. The second-order valence-electron chi connectivity index (χ2n) is 2.13. The molecule has 10 heavy (non-hydrogen) atoms. The molecule has 0 aliphatic heterocycles. The molecule has 0 amide bonds. The lowest BCUT2D eigenvalue weighted by Gasteiger charge is -1.95. The van der Waals surface area contributed by atoms with E-state index in [1.165, 1.54) is 11.4 Å². The molecule has 2 heteroatoms. The largest absolute Gasteiger partial charge is 0.207 e. The van der Waals surface area contributed by atoms with Gasteiger partial charge >= 0.3 is 0 Å². The van der Waals surface area contributed by atoms with Gasteiger partial charge < -0.3 is 0 Å². The Labute approximate surface area is 64.7 Å².